The fourth-order valence-corrected chi connectivity index (χ4v) is 3.91. The Morgan fingerprint density at radius 2 is 2.15 bits per heavy atom. The summed E-state index contributed by atoms with van der Waals surface area (Å²) in [5.74, 6) is 0.446. The molecule has 2 unspecified atom stereocenters. The van der Waals surface area contributed by atoms with E-state index in [2.05, 4.69) is 35.6 Å². The lowest BCUT2D eigenvalue weighted by atomic mass is 9.94. The van der Waals surface area contributed by atoms with Crippen LogP contribution in [0.5, 0.6) is 0 Å². The van der Waals surface area contributed by atoms with E-state index in [4.69, 9.17) is 0 Å². The van der Waals surface area contributed by atoms with Crippen LogP contribution in [-0.4, -0.2) is 47.3 Å². The average molecular weight is 297 g/mol. The predicted molar refractivity (Wildman–Crippen MR) is 85.4 cm³/mol. The number of thiazole rings is 1. The van der Waals surface area contributed by atoms with Crippen molar-refractivity contribution in [3.8, 4) is 0 Å². The molecule has 2 atom stereocenters. The number of nitrogens with zero attached hydrogens (tertiary/aromatic N) is 3. The van der Waals surface area contributed by atoms with Crippen LogP contribution in [0, 0.1) is 5.92 Å². The van der Waals surface area contributed by atoms with Gasteiger partial charge in [0.15, 0.2) is 5.13 Å². The highest BCUT2D eigenvalue weighted by molar-refractivity contribution is 7.15. The van der Waals surface area contributed by atoms with E-state index in [0.29, 0.717) is 18.6 Å². The lowest BCUT2D eigenvalue weighted by Crippen LogP contribution is -2.42. The van der Waals surface area contributed by atoms with Gasteiger partial charge < -0.3 is 10.0 Å². The minimum atomic E-state index is 0.316. The molecule has 1 aliphatic heterocycles. The molecule has 0 spiro atoms. The van der Waals surface area contributed by atoms with E-state index in [1.165, 1.54) is 11.3 Å². The number of piperidine rings is 1. The number of aliphatic hydroxyl groups excluding tert-OH is 1. The first-order valence-corrected chi connectivity index (χ1v) is 8.54. The van der Waals surface area contributed by atoms with Gasteiger partial charge in [-0.2, -0.15) is 0 Å². The Hall–Kier alpha value is -0.650. The van der Waals surface area contributed by atoms with E-state index >= 15 is 0 Å². The van der Waals surface area contributed by atoms with Gasteiger partial charge in [-0.15, -0.1) is 11.3 Å². The fourth-order valence-electron chi connectivity index (χ4n) is 2.84. The Morgan fingerprint density at radius 1 is 1.40 bits per heavy atom. The zero-order valence-corrected chi connectivity index (χ0v) is 13.7. The van der Waals surface area contributed by atoms with Crippen LogP contribution >= 0.6 is 11.3 Å². The van der Waals surface area contributed by atoms with Gasteiger partial charge in [-0.1, -0.05) is 0 Å². The van der Waals surface area contributed by atoms with Gasteiger partial charge in [0, 0.05) is 49.9 Å². The fraction of sp³-hybridized carbons (Fsp3) is 0.800. The van der Waals surface area contributed by atoms with E-state index in [1.54, 1.807) is 11.3 Å². The van der Waals surface area contributed by atoms with Gasteiger partial charge in [0.25, 0.3) is 0 Å². The van der Waals surface area contributed by atoms with Crippen molar-refractivity contribution >= 4 is 16.5 Å². The SMILES string of the molecule is CCN(CC)c1ncc(CN2CC(CO)CCC2C)s1. The molecule has 2 rings (SSSR count). The number of anilines is 1. The van der Waals surface area contributed by atoms with Gasteiger partial charge >= 0.3 is 0 Å². The third-order valence-electron chi connectivity index (χ3n) is 4.30. The first kappa shape index (κ1) is 15.7. The molecular weight excluding hydrogens is 270 g/mol. The third kappa shape index (κ3) is 3.71. The lowest BCUT2D eigenvalue weighted by Gasteiger charge is -2.37. The minimum absolute atomic E-state index is 0.316. The summed E-state index contributed by atoms with van der Waals surface area (Å²) in [7, 11) is 0. The first-order chi connectivity index (χ1) is 9.67. The molecule has 4 nitrogen and oxygen atoms in total. The second-order valence-corrected chi connectivity index (χ2v) is 6.78. The minimum Gasteiger partial charge on any atom is -0.396 e. The number of rotatable bonds is 6. The lowest BCUT2D eigenvalue weighted by molar-refractivity contribution is 0.0779. The molecule has 0 saturated carbocycles. The summed E-state index contributed by atoms with van der Waals surface area (Å²) in [5.41, 5.74) is 0. The number of hydrogen-bond acceptors (Lipinski definition) is 5. The molecule has 1 fully saturated rings. The van der Waals surface area contributed by atoms with Gasteiger partial charge in [0.05, 0.1) is 0 Å². The average Bonchev–Trinajstić information content (AvgIpc) is 2.91. The zero-order chi connectivity index (χ0) is 14.5. The van der Waals surface area contributed by atoms with Gasteiger partial charge in [0.2, 0.25) is 0 Å². The molecule has 0 amide bonds. The second kappa shape index (κ2) is 7.38. The van der Waals surface area contributed by atoms with Crippen molar-refractivity contribution in [2.75, 3.05) is 31.1 Å². The normalized spacial score (nSPS) is 24.0. The van der Waals surface area contributed by atoms with Crippen LogP contribution in [0.1, 0.15) is 38.5 Å². The van der Waals surface area contributed by atoms with Crippen LogP contribution in [-0.2, 0) is 6.54 Å². The third-order valence-corrected chi connectivity index (χ3v) is 5.34. The highest BCUT2D eigenvalue weighted by Gasteiger charge is 2.25. The summed E-state index contributed by atoms with van der Waals surface area (Å²) >= 11 is 1.81. The molecule has 2 heterocycles. The van der Waals surface area contributed by atoms with Gasteiger partial charge in [0.1, 0.15) is 0 Å². The summed E-state index contributed by atoms with van der Waals surface area (Å²) in [5, 5.41) is 10.5. The highest BCUT2D eigenvalue weighted by atomic mass is 32.1. The molecule has 1 aromatic heterocycles. The smallest absolute Gasteiger partial charge is 0.185 e. The van der Waals surface area contributed by atoms with Crippen molar-refractivity contribution in [1.29, 1.82) is 0 Å². The molecule has 1 aliphatic rings. The van der Waals surface area contributed by atoms with Crippen molar-refractivity contribution < 1.29 is 5.11 Å². The van der Waals surface area contributed by atoms with Crippen molar-refractivity contribution in [3.63, 3.8) is 0 Å². The molecule has 1 N–H and O–H groups in total. The molecule has 0 radical (unpaired) electrons. The molecule has 5 heteroatoms. The molecule has 1 aromatic rings. The van der Waals surface area contributed by atoms with Crippen molar-refractivity contribution in [1.82, 2.24) is 9.88 Å². The Balaban J connectivity index is 1.98. The van der Waals surface area contributed by atoms with Gasteiger partial charge in [-0.3, -0.25) is 4.90 Å². The molecule has 20 heavy (non-hydrogen) atoms. The maximum atomic E-state index is 9.36. The maximum absolute atomic E-state index is 9.36. The van der Waals surface area contributed by atoms with E-state index in [9.17, 15) is 5.11 Å². The number of likely N-dealkylation sites (tertiary alicyclic amines) is 1. The highest BCUT2D eigenvalue weighted by Crippen LogP contribution is 2.27. The predicted octanol–water partition coefficient (Wildman–Crippen LogP) is 2.58. The molecule has 1 saturated heterocycles. The number of aromatic nitrogens is 1. The van der Waals surface area contributed by atoms with E-state index in [1.807, 2.05) is 6.20 Å². The topological polar surface area (TPSA) is 39.6 Å². The van der Waals surface area contributed by atoms with E-state index < -0.39 is 0 Å². The summed E-state index contributed by atoms with van der Waals surface area (Å²) in [6, 6.07) is 0.608. The quantitative estimate of drug-likeness (QED) is 0.876. The molecule has 0 bridgehead atoms. The first-order valence-electron chi connectivity index (χ1n) is 7.72. The molecule has 114 valence electrons. The van der Waals surface area contributed by atoms with Crippen LogP contribution in [0.4, 0.5) is 5.13 Å². The van der Waals surface area contributed by atoms with Crippen LogP contribution < -0.4 is 4.90 Å². The van der Waals surface area contributed by atoms with E-state index in [0.717, 1.165) is 37.7 Å². The van der Waals surface area contributed by atoms with Crippen molar-refractivity contribution in [2.45, 2.75) is 46.2 Å². The Morgan fingerprint density at radius 3 is 2.80 bits per heavy atom. The molecule has 0 aliphatic carbocycles. The Bertz CT molecular complexity index is 406. The summed E-state index contributed by atoms with van der Waals surface area (Å²) in [4.78, 5) is 10.7. The number of aliphatic hydroxyl groups is 1. The number of hydrogen-bond donors (Lipinski definition) is 1. The Kier molecular flexibility index (Phi) is 5.81. The van der Waals surface area contributed by atoms with Crippen LogP contribution in [0.3, 0.4) is 0 Å². The van der Waals surface area contributed by atoms with Crippen molar-refractivity contribution in [2.24, 2.45) is 5.92 Å². The standard InChI is InChI=1S/C15H27N3OS/c1-4-17(5-2)15-16-8-14(20-15)10-18-9-13(11-19)7-6-12(18)3/h8,12-13,19H,4-7,9-11H2,1-3H3. The second-order valence-electron chi connectivity index (χ2n) is 5.69. The largest absolute Gasteiger partial charge is 0.396 e. The van der Waals surface area contributed by atoms with Crippen LogP contribution in [0.15, 0.2) is 6.20 Å². The summed E-state index contributed by atoms with van der Waals surface area (Å²) in [6.45, 7) is 10.9. The van der Waals surface area contributed by atoms with Crippen molar-refractivity contribution in [3.05, 3.63) is 11.1 Å². The maximum Gasteiger partial charge on any atom is 0.185 e. The van der Waals surface area contributed by atoms with Gasteiger partial charge in [-0.05, 0) is 39.5 Å². The van der Waals surface area contributed by atoms with E-state index in [-0.39, 0.29) is 0 Å². The van der Waals surface area contributed by atoms with Gasteiger partial charge in [-0.25, -0.2) is 4.98 Å². The van der Waals surface area contributed by atoms with Crippen LogP contribution in [0.25, 0.3) is 0 Å². The molecule has 0 aromatic carbocycles. The summed E-state index contributed by atoms with van der Waals surface area (Å²) < 4.78 is 0. The molecular formula is C15H27N3OS. The summed E-state index contributed by atoms with van der Waals surface area (Å²) in [6.07, 6.45) is 4.36. The zero-order valence-electron chi connectivity index (χ0n) is 12.9. The monoisotopic (exact) mass is 297 g/mol. The van der Waals surface area contributed by atoms with Crippen LogP contribution in [0.2, 0.25) is 0 Å². The Labute approximate surface area is 126 Å².